The molecule has 24 heavy (non-hydrogen) atoms. The molecule has 0 saturated heterocycles. The summed E-state index contributed by atoms with van der Waals surface area (Å²) in [5.74, 6) is -0.610. The second kappa shape index (κ2) is 5.49. The molecule has 0 aromatic rings. The van der Waals surface area contributed by atoms with Crippen LogP contribution in [0.4, 0.5) is 0 Å². The second-order valence-corrected chi connectivity index (χ2v) is 8.15. The van der Waals surface area contributed by atoms with Crippen molar-refractivity contribution >= 4 is 5.78 Å². The monoisotopic (exact) mass is 336 g/mol. The zero-order chi connectivity index (χ0) is 18.0. The molecule has 1 saturated carbocycles. The van der Waals surface area contributed by atoms with Gasteiger partial charge in [-0.2, -0.15) is 0 Å². The minimum absolute atomic E-state index is 0.0295. The van der Waals surface area contributed by atoms with Gasteiger partial charge in [0.1, 0.15) is 17.8 Å². The second-order valence-electron chi connectivity index (χ2n) is 8.15. The van der Waals surface area contributed by atoms with Crippen LogP contribution in [0.5, 0.6) is 0 Å². The maximum Gasteiger partial charge on any atom is 0.153 e. The van der Waals surface area contributed by atoms with E-state index in [1.54, 1.807) is 19.1 Å². The summed E-state index contributed by atoms with van der Waals surface area (Å²) in [6.07, 6.45) is 1.21. The van der Waals surface area contributed by atoms with E-state index in [4.69, 9.17) is 0 Å². The van der Waals surface area contributed by atoms with Crippen LogP contribution in [0, 0.1) is 29.1 Å². The summed E-state index contributed by atoms with van der Waals surface area (Å²) in [6, 6.07) is 0. The van der Waals surface area contributed by atoms with Crippen LogP contribution in [-0.2, 0) is 4.79 Å². The lowest BCUT2D eigenvalue weighted by Gasteiger charge is -2.47. The number of hydrogen-bond acceptors (Lipinski definition) is 5. The number of ketones is 1. The van der Waals surface area contributed by atoms with Crippen molar-refractivity contribution in [1.29, 1.82) is 0 Å². The summed E-state index contributed by atoms with van der Waals surface area (Å²) in [4.78, 5) is 13.6. The van der Waals surface area contributed by atoms with Crippen molar-refractivity contribution in [3.63, 3.8) is 0 Å². The molecular formula is C19H28O5. The molecule has 3 rings (SSSR count). The maximum absolute atomic E-state index is 13.6. The summed E-state index contributed by atoms with van der Waals surface area (Å²) >= 11 is 0. The fourth-order valence-electron chi connectivity index (χ4n) is 5.35. The summed E-state index contributed by atoms with van der Waals surface area (Å²) in [5, 5.41) is 42.8. The topological polar surface area (TPSA) is 98.0 Å². The molecule has 0 amide bonds. The Balaban J connectivity index is 2.34. The van der Waals surface area contributed by atoms with Crippen molar-refractivity contribution in [2.45, 2.75) is 51.9 Å². The summed E-state index contributed by atoms with van der Waals surface area (Å²) in [5.41, 5.74) is -2.67. The Kier molecular flexibility index (Phi) is 4.08. The van der Waals surface area contributed by atoms with E-state index in [0.717, 1.165) is 6.42 Å². The van der Waals surface area contributed by atoms with Crippen molar-refractivity contribution in [1.82, 2.24) is 0 Å². The molecule has 3 aliphatic carbocycles. The highest BCUT2D eigenvalue weighted by atomic mass is 16.4. The lowest BCUT2D eigenvalue weighted by atomic mass is 9.60. The number of Topliss-reactive ketones (excluding diaryl/α,β-unsaturated/α-hetero) is 1. The van der Waals surface area contributed by atoms with Gasteiger partial charge in [0.25, 0.3) is 0 Å². The molecular weight excluding hydrogens is 308 g/mol. The van der Waals surface area contributed by atoms with Gasteiger partial charge in [-0.1, -0.05) is 32.9 Å². The standard InChI is InChI=1S/C19H28O5/c1-9-5-11(3)18-7-10(2)15(21)19(18,24)16(22)13(8-20)6-14(12(9)4)17(18)23/h6-7,9,11-12,14-16,20-22,24H,5,8H2,1-4H3/t9-,11-,12-,14+,15+,16-,18+,19-/m1/s1. The van der Waals surface area contributed by atoms with Gasteiger partial charge in [-0.15, -0.1) is 0 Å². The van der Waals surface area contributed by atoms with E-state index in [1.807, 2.05) is 13.8 Å². The number of rotatable bonds is 1. The molecule has 0 heterocycles. The van der Waals surface area contributed by atoms with Crippen molar-refractivity contribution < 1.29 is 25.2 Å². The Hall–Kier alpha value is -1.01. The first-order valence-electron chi connectivity index (χ1n) is 8.76. The largest absolute Gasteiger partial charge is 0.392 e. The van der Waals surface area contributed by atoms with Crippen LogP contribution in [0.2, 0.25) is 0 Å². The lowest BCUT2D eigenvalue weighted by Crippen LogP contribution is -2.65. The average molecular weight is 336 g/mol. The molecule has 5 nitrogen and oxygen atoms in total. The third-order valence-corrected chi connectivity index (χ3v) is 6.99. The third-order valence-electron chi connectivity index (χ3n) is 6.99. The fraction of sp³-hybridized carbons (Fsp3) is 0.737. The van der Waals surface area contributed by atoms with Crippen LogP contribution in [-0.4, -0.2) is 50.6 Å². The number of aliphatic hydroxyl groups excluding tert-OH is 3. The van der Waals surface area contributed by atoms with E-state index in [2.05, 4.69) is 6.92 Å². The van der Waals surface area contributed by atoms with E-state index in [0.29, 0.717) is 5.57 Å². The number of aliphatic hydroxyl groups is 4. The number of carbonyl (C=O) groups excluding carboxylic acids is 1. The van der Waals surface area contributed by atoms with Crippen molar-refractivity contribution in [2.75, 3.05) is 6.61 Å². The molecule has 8 atom stereocenters. The van der Waals surface area contributed by atoms with Gasteiger partial charge in [0.2, 0.25) is 0 Å². The molecule has 134 valence electrons. The number of fused-ring (bicyclic) bond motifs is 1. The lowest BCUT2D eigenvalue weighted by molar-refractivity contribution is -0.189. The van der Waals surface area contributed by atoms with Crippen LogP contribution < -0.4 is 0 Å². The van der Waals surface area contributed by atoms with Gasteiger partial charge in [0, 0.05) is 5.92 Å². The predicted octanol–water partition coefficient (Wildman–Crippen LogP) is 0.815. The summed E-state index contributed by atoms with van der Waals surface area (Å²) < 4.78 is 0. The highest BCUT2D eigenvalue weighted by Crippen LogP contribution is 2.59. The van der Waals surface area contributed by atoms with Crippen LogP contribution in [0.1, 0.15) is 34.1 Å². The molecule has 5 heteroatoms. The van der Waals surface area contributed by atoms with Crippen molar-refractivity contribution in [2.24, 2.45) is 29.1 Å². The van der Waals surface area contributed by atoms with E-state index in [9.17, 15) is 25.2 Å². The van der Waals surface area contributed by atoms with E-state index in [1.165, 1.54) is 0 Å². The summed E-state index contributed by atoms with van der Waals surface area (Å²) in [6.45, 7) is 7.22. The zero-order valence-corrected chi connectivity index (χ0v) is 14.7. The minimum atomic E-state index is -2.04. The highest BCUT2D eigenvalue weighted by Gasteiger charge is 2.70. The van der Waals surface area contributed by atoms with Gasteiger partial charge in [-0.05, 0) is 42.2 Å². The van der Waals surface area contributed by atoms with Gasteiger partial charge in [-0.3, -0.25) is 4.79 Å². The average Bonchev–Trinajstić information content (AvgIpc) is 2.68. The van der Waals surface area contributed by atoms with E-state index < -0.39 is 35.7 Å². The smallest absolute Gasteiger partial charge is 0.153 e. The minimum Gasteiger partial charge on any atom is -0.392 e. The normalized spacial score (nSPS) is 51.4. The van der Waals surface area contributed by atoms with Gasteiger partial charge in [-0.25, -0.2) is 0 Å². The van der Waals surface area contributed by atoms with E-state index >= 15 is 0 Å². The molecule has 4 N–H and O–H groups in total. The first-order chi connectivity index (χ1) is 11.1. The number of carbonyl (C=O) groups is 1. The maximum atomic E-state index is 13.6. The van der Waals surface area contributed by atoms with Gasteiger partial charge >= 0.3 is 0 Å². The Morgan fingerprint density at radius 3 is 2.42 bits per heavy atom. The Morgan fingerprint density at radius 1 is 1.21 bits per heavy atom. The Labute approximate surface area is 142 Å². The molecule has 0 unspecified atom stereocenters. The van der Waals surface area contributed by atoms with Crippen LogP contribution in [0.3, 0.4) is 0 Å². The third kappa shape index (κ3) is 1.87. The SMILES string of the molecule is CC1=C[C@]23C(=O)[C@@H](C=C(CO)[C@@H](O)[C@]2(O)[C@H]1O)[C@H](C)[C@H](C)C[C@H]3C. The summed E-state index contributed by atoms with van der Waals surface area (Å²) in [7, 11) is 0. The van der Waals surface area contributed by atoms with Crippen LogP contribution in [0.15, 0.2) is 23.3 Å². The molecule has 0 aromatic carbocycles. The number of hydrogen-bond donors (Lipinski definition) is 4. The predicted molar refractivity (Wildman–Crippen MR) is 88.9 cm³/mol. The molecule has 2 bridgehead atoms. The first-order valence-corrected chi connectivity index (χ1v) is 8.76. The highest BCUT2D eigenvalue weighted by molar-refractivity contribution is 5.94. The first kappa shape index (κ1) is 17.8. The molecule has 0 aliphatic heterocycles. The van der Waals surface area contributed by atoms with Crippen molar-refractivity contribution in [3.8, 4) is 0 Å². The van der Waals surface area contributed by atoms with Crippen molar-refractivity contribution in [3.05, 3.63) is 23.3 Å². The molecule has 3 aliphatic rings. The number of allylic oxidation sites excluding steroid dienone is 1. The van der Waals surface area contributed by atoms with Gasteiger partial charge in [0.15, 0.2) is 5.78 Å². The van der Waals surface area contributed by atoms with Gasteiger partial charge < -0.3 is 20.4 Å². The molecule has 1 fully saturated rings. The molecule has 1 spiro atoms. The Bertz CT molecular complexity index is 623. The van der Waals surface area contributed by atoms with Crippen LogP contribution in [0.25, 0.3) is 0 Å². The Morgan fingerprint density at radius 2 is 1.83 bits per heavy atom. The quantitative estimate of drug-likeness (QED) is 0.531. The fourth-order valence-corrected chi connectivity index (χ4v) is 5.35. The molecule has 0 radical (unpaired) electrons. The molecule has 0 aromatic heterocycles. The van der Waals surface area contributed by atoms with Gasteiger partial charge in [0.05, 0.1) is 12.0 Å². The zero-order valence-electron chi connectivity index (χ0n) is 14.7. The van der Waals surface area contributed by atoms with E-state index in [-0.39, 0.29) is 29.1 Å². The van der Waals surface area contributed by atoms with Crippen LogP contribution >= 0.6 is 0 Å².